The first-order valence-corrected chi connectivity index (χ1v) is 7.41. The van der Waals surface area contributed by atoms with Crippen LogP contribution in [0.3, 0.4) is 0 Å². The first kappa shape index (κ1) is 14.8. The van der Waals surface area contributed by atoms with Crippen molar-refractivity contribution < 1.29 is 0 Å². The lowest BCUT2D eigenvalue weighted by Gasteiger charge is -2.21. The second kappa shape index (κ2) is 6.69. The molecule has 0 bridgehead atoms. The third-order valence-electron chi connectivity index (χ3n) is 3.39. The molecule has 0 spiro atoms. The van der Waals surface area contributed by atoms with Gasteiger partial charge in [-0.2, -0.15) is 5.26 Å². The number of nitrogens with one attached hydrogen (secondary N) is 1. The first-order chi connectivity index (χ1) is 9.60. The van der Waals surface area contributed by atoms with Crippen LogP contribution < -0.4 is 5.32 Å². The Bertz CT molecular complexity index is 614. The van der Waals surface area contributed by atoms with E-state index >= 15 is 0 Å². The maximum absolute atomic E-state index is 8.95. The number of hydrogen-bond acceptors (Lipinski definition) is 2. The molecule has 1 unspecified atom stereocenters. The third kappa shape index (κ3) is 3.69. The van der Waals surface area contributed by atoms with E-state index in [4.69, 9.17) is 5.26 Å². The van der Waals surface area contributed by atoms with E-state index in [0.29, 0.717) is 5.56 Å². The minimum atomic E-state index is 0.196. The Morgan fingerprint density at radius 1 is 1.00 bits per heavy atom. The minimum absolute atomic E-state index is 0.196. The SMILES string of the molecule is CC(N[C@H](C)c1ccc(Br)cc1)c1cccc(C#N)c1. The fourth-order valence-corrected chi connectivity index (χ4v) is 2.46. The van der Waals surface area contributed by atoms with Crippen molar-refractivity contribution in [2.24, 2.45) is 0 Å². The zero-order chi connectivity index (χ0) is 14.5. The molecule has 2 rings (SSSR count). The van der Waals surface area contributed by atoms with Gasteiger partial charge in [0.1, 0.15) is 0 Å². The highest BCUT2D eigenvalue weighted by Crippen LogP contribution is 2.21. The summed E-state index contributed by atoms with van der Waals surface area (Å²) < 4.78 is 1.09. The van der Waals surface area contributed by atoms with E-state index in [2.05, 4.69) is 65.4 Å². The molecule has 0 radical (unpaired) electrons. The maximum atomic E-state index is 8.95. The summed E-state index contributed by atoms with van der Waals surface area (Å²) in [5.41, 5.74) is 3.08. The van der Waals surface area contributed by atoms with Crippen molar-refractivity contribution in [2.45, 2.75) is 25.9 Å². The van der Waals surface area contributed by atoms with E-state index in [-0.39, 0.29) is 12.1 Å². The van der Waals surface area contributed by atoms with Gasteiger partial charge in [-0.15, -0.1) is 0 Å². The summed E-state index contributed by atoms with van der Waals surface area (Å²) in [7, 11) is 0. The summed E-state index contributed by atoms with van der Waals surface area (Å²) in [6, 6.07) is 18.7. The lowest BCUT2D eigenvalue weighted by molar-refractivity contribution is 0.494. The number of halogens is 1. The molecule has 0 heterocycles. The standard InChI is InChI=1S/C17H17BrN2/c1-12(15-6-8-17(18)9-7-15)20-13(2)16-5-3-4-14(10-16)11-19/h3-10,12-13,20H,1-2H3/t12-,13?/m1/s1. The van der Waals surface area contributed by atoms with Crippen molar-refractivity contribution in [3.8, 4) is 6.07 Å². The molecule has 0 aliphatic heterocycles. The molecule has 0 saturated carbocycles. The Morgan fingerprint density at radius 2 is 1.65 bits per heavy atom. The van der Waals surface area contributed by atoms with Crippen molar-refractivity contribution in [3.05, 3.63) is 69.7 Å². The number of nitriles is 1. The lowest BCUT2D eigenvalue weighted by Crippen LogP contribution is -2.22. The van der Waals surface area contributed by atoms with Gasteiger partial charge in [0.25, 0.3) is 0 Å². The Labute approximate surface area is 128 Å². The van der Waals surface area contributed by atoms with Crippen LogP contribution in [0.5, 0.6) is 0 Å². The van der Waals surface area contributed by atoms with Crippen LogP contribution in [-0.2, 0) is 0 Å². The van der Waals surface area contributed by atoms with Gasteiger partial charge in [0, 0.05) is 16.6 Å². The zero-order valence-corrected chi connectivity index (χ0v) is 13.2. The second-order valence-corrected chi connectivity index (χ2v) is 5.81. The molecule has 0 amide bonds. The van der Waals surface area contributed by atoms with Crippen molar-refractivity contribution >= 4 is 15.9 Å². The molecule has 2 aromatic rings. The van der Waals surface area contributed by atoms with Gasteiger partial charge in [-0.25, -0.2) is 0 Å². The predicted octanol–water partition coefficient (Wildman–Crippen LogP) is 4.73. The van der Waals surface area contributed by atoms with Crippen LogP contribution in [-0.4, -0.2) is 0 Å². The molecule has 2 atom stereocenters. The smallest absolute Gasteiger partial charge is 0.0991 e. The number of hydrogen-bond donors (Lipinski definition) is 1. The van der Waals surface area contributed by atoms with Gasteiger partial charge in [0.15, 0.2) is 0 Å². The van der Waals surface area contributed by atoms with Crippen LogP contribution in [0, 0.1) is 11.3 Å². The van der Waals surface area contributed by atoms with Crippen LogP contribution in [0.15, 0.2) is 53.0 Å². The summed E-state index contributed by atoms with van der Waals surface area (Å²) >= 11 is 3.45. The van der Waals surface area contributed by atoms with Gasteiger partial charge >= 0.3 is 0 Å². The van der Waals surface area contributed by atoms with Crippen LogP contribution >= 0.6 is 15.9 Å². The monoisotopic (exact) mass is 328 g/mol. The van der Waals surface area contributed by atoms with Gasteiger partial charge in [0.05, 0.1) is 11.6 Å². The van der Waals surface area contributed by atoms with Crippen molar-refractivity contribution in [2.75, 3.05) is 0 Å². The van der Waals surface area contributed by atoms with Crippen LogP contribution in [0.1, 0.15) is 42.6 Å². The molecular weight excluding hydrogens is 312 g/mol. The van der Waals surface area contributed by atoms with Crippen LogP contribution in [0.4, 0.5) is 0 Å². The molecule has 1 N–H and O–H groups in total. The number of rotatable bonds is 4. The number of benzene rings is 2. The Morgan fingerprint density at radius 3 is 2.30 bits per heavy atom. The largest absolute Gasteiger partial charge is 0.304 e. The maximum Gasteiger partial charge on any atom is 0.0991 e. The van der Waals surface area contributed by atoms with Gasteiger partial charge < -0.3 is 5.32 Å². The molecule has 2 nitrogen and oxygen atoms in total. The van der Waals surface area contributed by atoms with Crippen molar-refractivity contribution in [1.82, 2.24) is 5.32 Å². The molecule has 0 aliphatic rings. The third-order valence-corrected chi connectivity index (χ3v) is 3.91. The Balaban J connectivity index is 2.08. The molecule has 20 heavy (non-hydrogen) atoms. The summed E-state index contributed by atoms with van der Waals surface area (Å²) in [4.78, 5) is 0. The summed E-state index contributed by atoms with van der Waals surface area (Å²) in [5, 5.41) is 12.5. The van der Waals surface area contributed by atoms with Crippen molar-refractivity contribution in [1.29, 1.82) is 5.26 Å². The lowest BCUT2D eigenvalue weighted by atomic mass is 10.0. The van der Waals surface area contributed by atoms with Gasteiger partial charge in [0.2, 0.25) is 0 Å². The van der Waals surface area contributed by atoms with Crippen LogP contribution in [0.25, 0.3) is 0 Å². The quantitative estimate of drug-likeness (QED) is 0.880. The normalized spacial score (nSPS) is 13.5. The van der Waals surface area contributed by atoms with E-state index in [1.54, 1.807) is 0 Å². The van der Waals surface area contributed by atoms with E-state index in [1.165, 1.54) is 5.56 Å². The molecule has 0 aromatic heterocycles. The average molecular weight is 329 g/mol. The number of nitrogens with zero attached hydrogens (tertiary/aromatic N) is 1. The highest BCUT2D eigenvalue weighted by Gasteiger charge is 2.11. The summed E-state index contributed by atoms with van der Waals surface area (Å²) in [5.74, 6) is 0. The van der Waals surface area contributed by atoms with E-state index < -0.39 is 0 Å². The molecular formula is C17H17BrN2. The van der Waals surface area contributed by atoms with Gasteiger partial charge in [-0.3, -0.25) is 0 Å². The van der Waals surface area contributed by atoms with Gasteiger partial charge in [-0.1, -0.05) is 40.2 Å². The van der Waals surface area contributed by atoms with E-state index in [0.717, 1.165) is 10.0 Å². The fraction of sp³-hybridized carbons (Fsp3) is 0.235. The Hall–Kier alpha value is -1.63. The molecule has 102 valence electrons. The molecule has 0 fully saturated rings. The van der Waals surface area contributed by atoms with Gasteiger partial charge in [-0.05, 0) is 49.2 Å². The molecule has 0 saturated heterocycles. The molecule has 3 heteroatoms. The van der Waals surface area contributed by atoms with E-state index in [1.807, 2.05) is 24.3 Å². The highest BCUT2D eigenvalue weighted by molar-refractivity contribution is 9.10. The Kier molecular flexibility index (Phi) is 4.94. The molecule has 2 aromatic carbocycles. The molecule has 0 aliphatic carbocycles. The van der Waals surface area contributed by atoms with E-state index in [9.17, 15) is 0 Å². The summed E-state index contributed by atoms with van der Waals surface area (Å²) in [6.45, 7) is 4.26. The average Bonchev–Trinajstić information content (AvgIpc) is 2.47. The van der Waals surface area contributed by atoms with Crippen molar-refractivity contribution in [3.63, 3.8) is 0 Å². The topological polar surface area (TPSA) is 35.8 Å². The predicted molar refractivity (Wildman–Crippen MR) is 85.3 cm³/mol. The fourth-order valence-electron chi connectivity index (χ4n) is 2.20. The second-order valence-electron chi connectivity index (χ2n) is 4.90. The zero-order valence-electron chi connectivity index (χ0n) is 11.6. The first-order valence-electron chi connectivity index (χ1n) is 6.61. The van der Waals surface area contributed by atoms with Crippen LogP contribution in [0.2, 0.25) is 0 Å². The summed E-state index contributed by atoms with van der Waals surface area (Å²) in [6.07, 6.45) is 0. The minimum Gasteiger partial charge on any atom is -0.304 e. The highest BCUT2D eigenvalue weighted by atomic mass is 79.9.